The Labute approximate surface area is 143 Å². The first-order valence-electron chi connectivity index (χ1n) is 8.46. The van der Waals surface area contributed by atoms with Gasteiger partial charge in [0, 0.05) is 42.8 Å². The average Bonchev–Trinajstić information content (AvgIpc) is 3.21. The number of hydrogen-bond acceptors (Lipinski definition) is 3. The summed E-state index contributed by atoms with van der Waals surface area (Å²) in [5, 5.41) is 12.5. The molecule has 1 unspecified atom stereocenters. The molecule has 24 heavy (non-hydrogen) atoms. The number of nitrogens with one attached hydrogen (secondary N) is 1. The molecule has 0 saturated carbocycles. The Balaban J connectivity index is 1.66. The molecule has 2 aromatic heterocycles. The van der Waals surface area contributed by atoms with Crippen molar-refractivity contribution < 1.29 is 0 Å². The van der Waals surface area contributed by atoms with Crippen molar-refractivity contribution >= 4 is 0 Å². The maximum absolute atomic E-state index is 4.61. The maximum atomic E-state index is 4.61. The van der Waals surface area contributed by atoms with Crippen molar-refractivity contribution in [2.45, 2.75) is 46.8 Å². The quantitative estimate of drug-likeness (QED) is 0.754. The summed E-state index contributed by atoms with van der Waals surface area (Å²) in [5.41, 5.74) is 6.01. The molecule has 1 N–H and O–H groups in total. The molecule has 0 saturated heterocycles. The summed E-state index contributed by atoms with van der Waals surface area (Å²) in [6, 6.07) is 10.7. The lowest BCUT2D eigenvalue weighted by atomic mass is 10.1. The Bertz CT molecular complexity index is 784. The largest absolute Gasteiger partial charge is 0.306 e. The van der Waals surface area contributed by atoms with Crippen LogP contribution in [0.1, 0.15) is 42.4 Å². The molecular weight excluding hydrogens is 298 g/mol. The highest BCUT2D eigenvalue weighted by atomic mass is 15.3. The molecule has 5 nitrogen and oxygen atoms in total. The third-order valence-corrected chi connectivity index (χ3v) is 4.49. The normalized spacial score (nSPS) is 12.5. The lowest BCUT2D eigenvalue weighted by molar-refractivity contribution is 0.566. The topological polar surface area (TPSA) is 47.7 Å². The fraction of sp³-hybridized carbons (Fsp3) is 0.368. The Hall–Kier alpha value is -2.40. The van der Waals surface area contributed by atoms with Crippen molar-refractivity contribution in [2.24, 2.45) is 0 Å². The molecule has 0 radical (unpaired) electrons. The van der Waals surface area contributed by atoms with Crippen LogP contribution in [0.2, 0.25) is 0 Å². The molecule has 3 aromatic rings. The molecule has 0 aliphatic rings. The summed E-state index contributed by atoms with van der Waals surface area (Å²) in [7, 11) is 0. The van der Waals surface area contributed by atoms with Crippen molar-refractivity contribution in [3.63, 3.8) is 0 Å². The zero-order valence-electron chi connectivity index (χ0n) is 14.8. The first kappa shape index (κ1) is 16.5. The summed E-state index contributed by atoms with van der Waals surface area (Å²) < 4.78 is 3.94. The predicted octanol–water partition coefficient (Wildman–Crippen LogP) is 3.56. The molecule has 1 atom stereocenters. The van der Waals surface area contributed by atoms with Crippen molar-refractivity contribution in [3.8, 4) is 5.69 Å². The van der Waals surface area contributed by atoms with Crippen LogP contribution in [0.5, 0.6) is 0 Å². The van der Waals surface area contributed by atoms with Gasteiger partial charge in [-0.15, -0.1) is 0 Å². The van der Waals surface area contributed by atoms with Crippen LogP contribution in [0, 0.1) is 13.8 Å². The van der Waals surface area contributed by atoms with Gasteiger partial charge in [-0.2, -0.15) is 10.2 Å². The van der Waals surface area contributed by atoms with Crippen LogP contribution < -0.4 is 5.32 Å². The predicted molar refractivity (Wildman–Crippen MR) is 96.2 cm³/mol. The van der Waals surface area contributed by atoms with Gasteiger partial charge in [0.05, 0.1) is 11.4 Å². The number of nitrogens with zero attached hydrogens (tertiary/aromatic N) is 4. The van der Waals surface area contributed by atoms with Gasteiger partial charge in [0.1, 0.15) is 0 Å². The zero-order valence-corrected chi connectivity index (χ0v) is 14.8. The summed E-state index contributed by atoms with van der Waals surface area (Å²) in [5.74, 6) is 0. The lowest BCUT2D eigenvalue weighted by Gasteiger charge is -2.15. The minimum absolute atomic E-state index is 0.274. The molecule has 126 valence electrons. The van der Waals surface area contributed by atoms with E-state index in [1.807, 2.05) is 16.9 Å². The molecule has 2 heterocycles. The Kier molecular flexibility index (Phi) is 4.81. The monoisotopic (exact) mass is 323 g/mol. The number of aryl methyl sites for hydroxylation is 2. The van der Waals surface area contributed by atoms with Crippen LogP contribution in [0.15, 0.2) is 42.7 Å². The number of aromatic nitrogens is 4. The second kappa shape index (κ2) is 7.01. The van der Waals surface area contributed by atoms with Gasteiger partial charge in [-0.25, -0.2) is 4.68 Å². The van der Waals surface area contributed by atoms with Crippen molar-refractivity contribution in [2.75, 3.05) is 0 Å². The zero-order chi connectivity index (χ0) is 17.1. The summed E-state index contributed by atoms with van der Waals surface area (Å²) in [6.45, 7) is 10.3. The first-order valence-corrected chi connectivity index (χ1v) is 8.46. The fourth-order valence-electron chi connectivity index (χ4n) is 3.21. The highest BCUT2D eigenvalue weighted by molar-refractivity contribution is 5.34. The van der Waals surface area contributed by atoms with Gasteiger partial charge in [0.2, 0.25) is 0 Å². The third kappa shape index (κ3) is 3.26. The van der Waals surface area contributed by atoms with Crippen LogP contribution in [0.3, 0.4) is 0 Å². The minimum atomic E-state index is 0.274. The van der Waals surface area contributed by atoms with Crippen LogP contribution in [-0.2, 0) is 13.1 Å². The number of benzene rings is 1. The maximum Gasteiger partial charge on any atom is 0.0645 e. The second-order valence-electron chi connectivity index (χ2n) is 6.12. The summed E-state index contributed by atoms with van der Waals surface area (Å²) >= 11 is 0. The molecular formula is C19H25N5. The average molecular weight is 323 g/mol. The molecule has 0 amide bonds. The van der Waals surface area contributed by atoms with Gasteiger partial charge in [-0.1, -0.05) is 12.1 Å². The standard InChI is InChI=1S/C19H25N5/c1-5-23-16(4)19(15(3)22-23)14(2)20-13-17-7-9-18(10-8-17)24-12-6-11-21-24/h6-12,14,20H,5,13H2,1-4H3. The smallest absolute Gasteiger partial charge is 0.0645 e. The SMILES string of the molecule is CCn1nc(C)c(C(C)NCc2ccc(-n3cccn3)cc2)c1C. The lowest BCUT2D eigenvalue weighted by Crippen LogP contribution is -2.19. The molecule has 5 heteroatoms. The Morgan fingerprint density at radius 3 is 2.50 bits per heavy atom. The summed E-state index contributed by atoms with van der Waals surface area (Å²) in [4.78, 5) is 0. The van der Waals surface area contributed by atoms with Crippen molar-refractivity contribution in [1.29, 1.82) is 0 Å². The van der Waals surface area contributed by atoms with Gasteiger partial charge >= 0.3 is 0 Å². The van der Waals surface area contributed by atoms with E-state index in [-0.39, 0.29) is 6.04 Å². The van der Waals surface area contributed by atoms with Crippen molar-refractivity contribution in [3.05, 3.63) is 65.2 Å². The van der Waals surface area contributed by atoms with E-state index >= 15 is 0 Å². The molecule has 3 rings (SSSR count). The Morgan fingerprint density at radius 1 is 1.17 bits per heavy atom. The number of rotatable bonds is 6. The van der Waals surface area contributed by atoms with E-state index in [0.29, 0.717) is 0 Å². The van der Waals surface area contributed by atoms with E-state index in [0.717, 1.165) is 24.5 Å². The van der Waals surface area contributed by atoms with Crippen LogP contribution in [0.25, 0.3) is 5.69 Å². The highest BCUT2D eigenvalue weighted by Crippen LogP contribution is 2.21. The van der Waals surface area contributed by atoms with Crippen molar-refractivity contribution in [1.82, 2.24) is 24.9 Å². The molecule has 0 spiro atoms. The van der Waals surface area contributed by atoms with Gasteiger partial charge in [0.25, 0.3) is 0 Å². The van der Waals surface area contributed by atoms with Crippen LogP contribution >= 0.6 is 0 Å². The van der Waals surface area contributed by atoms with E-state index in [1.165, 1.54) is 16.8 Å². The van der Waals surface area contributed by atoms with Gasteiger partial charge < -0.3 is 5.32 Å². The highest BCUT2D eigenvalue weighted by Gasteiger charge is 2.16. The van der Waals surface area contributed by atoms with E-state index in [4.69, 9.17) is 0 Å². The van der Waals surface area contributed by atoms with Gasteiger partial charge in [-0.05, 0) is 51.5 Å². The van der Waals surface area contributed by atoms with Gasteiger partial charge in [-0.3, -0.25) is 4.68 Å². The third-order valence-electron chi connectivity index (χ3n) is 4.49. The van der Waals surface area contributed by atoms with Gasteiger partial charge in [0.15, 0.2) is 0 Å². The van der Waals surface area contributed by atoms with Crippen LogP contribution in [-0.4, -0.2) is 19.6 Å². The fourth-order valence-corrected chi connectivity index (χ4v) is 3.21. The first-order chi connectivity index (χ1) is 11.6. The number of hydrogen-bond donors (Lipinski definition) is 1. The minimum Gasteiger partial charge on any atom is -0.306 e. The van der Waals surface area contributed by atoms with Crippen LogP contribution in [0.4, 0.5) is 0 Å². The summed E-state index contributed by atoms with van der Waals surface area (Å²) in [6.07, 6.45) is 3.74. The molecule has 0 fully saturated rings. The van der Waals surface area contributed by atoms with E-state index in [2.05, 4.69) is 72.2 Å². The second-order valence-corrected chi connectivity index (χ2v) is 6.12. The van der Waals surface area contributed by atoms with E-state index < -0.39 is 0 Å². The molecule has 0 bridgehead atoms. The van der Waals surface area contributed by atoms with E-state index in [9.17, 15) is 0 Å². The Morgan fingerprint density at radius 2 is 1.92 bits per heavy atom. The molecule has 0 aliphatic carbocycles. The van der Waals surface area contributed by atoms with E-state index in [1.54, 1.807) is 6.20 Å². The molecule has 0 aliphatic heterocycles. The molecule has 1 aromatic carbocycles.